The summed E-state index contributed by atoms with van der Waals surface area (Å²) in [6.07, 6.45) is 0.232. The first kappa shape index (κ1) is 25.7. The van der Waals surface area contributed by atoms with Crippen molar-refractivity contribution in [2.75, 3.05) is 0 Å². The van der Waals surface area contributed by atoms with Crippen molar-refractivity contribution in [1.29, 1.82) is 0 Å². The molecule has 4 aromatic carbocycles. The number of benzene rings is 4. The molecule has 0 aliphatic heterocycles. The van der Waals surface area contributed by atoms with Crippen LogP contribution in [-0.2, 0) is 17.1 Å². The Hall–Kier alpha value is -3.92. The molecule has 0 amide bonds. The van der Waals surface area contributed by atoms with Gasteiger partial charge in [0.2, 0.25) is 0 Å². The molecule has 0 bridgehead atoms. The maximum Gasteiger partial charge on any atom is 1.00 e. The van der Waals surface area contributed by atoms with E-state index < -0.39 is 12.1 Å². The van der Waals surface area contributed by atoms with Gasteiger partial charge in [-0.25, -0.2) is 9.78 Å². The molecule has 0 saturated carbocycles. The summed E-state index contributed by atoms with van der Waals surface area (Å²) < 4.78 is 0. The van der Waals surface area contributed by atoms with E-state index >= 15 is 0 Å². The number of hydrogen-bond donors (Lipinski definition) is 1. The summed E-state index contributed by atoms with van der Waals surface area (Å²) in [7, 11) is 0. The van der Waals surface area contributed by atoms with Crippen LogP contribution >= 0.6 is 0 Å². The van der Waals surface area contributed by atoms with Crippen molar-refractivity contribution in [3.8, 4) is 0 Å². The van der Waals surface area contributed by atoms with Crippen molar-refractivity contribution < 1.29 is 27.0 Å². The first-order chi connectivity index (χ1) is 16.7. The number of hydrogen-bond acceptors (Lipinski definition) is 2. The summed E-state index contributed by atoms with van der Waals surface area (Å²) in [6.45, 7) is 0. The van der Waals surface area contributed by atoms with E-state index in [4.69, 9.17) is 5.11 Å². The molecule has 3 nitrogen and oxygen atoms in total. The van der Waals surface area contributed by atoms with Crippen LogP contribution in [0.25, 0.3) is 0 Å². The van der Waals surface area contributed by atoms with E-state index in [2.05, 4.69) is 126 Å². The molecule has 0 fully saturated rings. The van der Waals surface area contributed by atoms with Crippen molar-refractivity contribution in [1.82, 2.24) is 4.98 Å². The average Bonchev–Trinajstić information content (AvgIpc) is 2.93. The topological polar surface area (TPSA) is 50.2 Å². The van der Waals surface area contributed by atoms with Crippen molar-refractivity contribution in [3.63, 3.8) is 0 Å². The number of carboxylic acid groups (broad SMARTS) is 1. The Balaban J connectivity index is 0.000000291. The molecule has 0 radical (unpaired) electrons. The van der Waals surface area contributed by atoms with Gasteiger partial charge in [-0.15, -0.1) is 0 Å². The third-order valence-corrected chi connectivity index (χ3v) is 6.08. The van der Waals surface area contributed by atoms with Crippen LogP contribution in [0.5, 0.6) is 0 Å². The Morgan fingerprint density at radius 3 is 1.06 bits per heavy atom. The van der Waals surface area contributed by atoms with Crippen LogP contribution in [0.3, 0.4) is 0 Å². The molecule has 5 aromatic rings. The van der Waals surface area contributed by atoms with Crippen LogP contribution in [0.2, 0.25) is 0 Å². The fraction of sp³-hybridized carbons (Fsp3) is 0. The molecule has 176 valence electrons. The molecule has 0 saturated heterocycles. The van der Waals surface area contributed by atoms with Gasteiger partial charge in [0.1, 0.15) is 11.8 Å². The Morgan fingerprint density at radius 1 is 0.514 bits per heavy atom. The molecule has 1 aromatic heterocycles. The Morgan fingerprint density at radius 2 is 0.829 bits per heavy atom. The number of carbonyl (C=O) groups is 1. The standard InChI is InChI=1S/C24H20B.C6H5NO2.Cu/c1-5-13-21(14-6-1)25(22-15-7-2-8-16-22,23-17-9-3-10-18-23)24-19-11-4-12-20-24;8-6(9)5-3-1-2-4-7-5;/h1-20H;1-4H,(H,8,9);/q-1;;+1. The maximum atomic E-state index is 10.1. The van der Waals surface area contributed by atoms with Gasteiger partial charge in [-0.3, -0.25) is 0 Å². The average molecular weight is 506 g/mol. The van der Waals surface area contributed by atoms with E-state index in [0.29, 0.717) is 0 Å². The molecule has 0 aliphatic carbocycles. The third kappa shape index (κ3) is 5.78. The minimum atomic E-state index is -1.22. The van der Waals surface area contributed by atoms with E-state index in [1.807, 2.05) is 0 Å². The second kappa shape index (κ2) is 12.5. The van der Waals surface area contributed by atoms with Gasteiger partial charge in [0, 0.05) is 6.20 Å². The minimum Gasteiger partial charge on any atom is -0.477 e. The summed E-state index contributed by atoms with van der Waals surface area (Å²) in [6, 6.07) is 48.3. The molecular formula is C30H25BCuNO2. The third-order valence-electron chi connectivity index (χ3n) is 6.08. The van der Waals surface area contributed by atoms with Crippen LogP contribution in [0, 0.1) is 0 Å². The number of rotatable bonds is 5. The Kier molecular flexibility index (Phi) is 9.19. The number of carboxylic acids is 1. The minimum absolute atomic E-state index is 0. The molecular weight excluding hydrogens is 481 g/mol. The van der Waals surface area contributed by atoms with E-state index in [-0.39, 0.29) is 22.8 Å². The Labute approximate surface area is 216 Å². The van der Waals surface area contributed by atoms with Crippen molar-refractivity contribution in [3.05, 3.63) is 151 Å². The monoisotopic (exact) mass is 505 g/mol. The van der Waals surface area contributed by atoms with Crippen LogP contribution in [0.4, 0.5) is 0 Å². The predicted molar refractivity (Wildman–Crippen MR) is 141 cm³/mol. The summed E-state index contributed by atoms with van der Waals surface area (Å²) in [5.74, 6) is -0.990. The molecule has 0 unspecified atom stereocenters. The Bertz CT molecular complexity index is 1140. The first-order valence-corrected chi connectivity index (χ1v) is 11.2. The van der Waals surface area contributed by atoms with Gasteiger partial charge in [0.15, 0.2) is 0 Å². The maximum absolute atomic E-state index is 10.1. The van der Waals surface area contributed by atoms with E-state index in [0.717, 1.165) is 0 Å². The largest absolute Gasteiger partial charge is 1.00 e. The summed E-state index contributed by atoms with van der Waals surface area (Å²) in [5.41, 5.74) is 5.44. The summed E-state index contributed by atoms with van der Waals surface area (Å²) >= 11 is 0. The van der Waals surface area contributed by atoms with Crippen molar-refractivity contribution in [2.45, 2.75) is 0 Å². The zero-order valence-corrected chi connectivity index (χ0v) is 20.0. The van der Waals surface area contributed by atoms with Gasteiger partial charge in [0.05, 0.1) is 0 Å². The van der Waals surface area contributed by atoms with E-state index in [1.54, 1.807) is 12.1 Å². The van der Waals surface area contributed by atoms with Crippen LogP contribution in [0.15, 0.2) is 146 Å². The fourth-order valence-corrected chi connectivity index (χ4v) is 4.61. The van der Waals surface area contributed by atoms with Crippen molar-refractivity contribution >= 4 is 34.0 Å². The van der Waals surface area contributed by atoms with Crippen molar-refractivity contribution in [2.24, 2.45) is 0 Å². The number of pyridine rings is 1. The molecule has 0 atom stereocenters. The fourth-order valence-electron chi connectivity index (χ4n) is 4.61. The first-order valence-electron chi connectivity index (χ1n) is 11.2. The summed E-state index contributed by atoms with van der Waals surface area (Å²) in [5, 5.41) is 8.32. The van der Waals surface area contributed by atoms with E-state index in [1.165, 1.54) is 34.1 Å². The molecule has 35 heavy (non-hydrogen) atoms. The summed E-state index contributed by atoms with van der Waals surface area (Å²) in [4.78, 5) is 13.7. The molecule has 5 rings (SSSR count). The zero-order chi connectivity index (χ0) is 23.6. The quantitative estimate of drug-likeness (QED) is 0.369. The molecule has 5 heteroatoms. The SMILES string of the molecule is O=C(O)c1ccccn1.[Cu+].c1ccc([B-](c2ccccc2)(c2ccccc2)c2ccccc2)cc1. The van der Waals surface area contributed by atoms with Gasteiger partial charge in [-0.05, 0) is 12.1 Å². The van der Waals surface area contributed by atoms with Gasteiger partial charge in [0.25, 0.3) is 0 Å². The number of nitrogens with zero attached hydrogens (tertiary/aromatic N) is 1. The van der Waals surface area contributed by atoms with Gasteiger partial charge < -0.3 is 5.11 Å². The van der Waals surface area contributed by atoms with Gasteiger partial charge in [-0.1, -0.05) is 127 Å². The molecule has 0 aliphatic rings. The molecule has 0 spiro atoms. The second-order valence-corrected chi connectivity index (χ2v) is 8.03. The predicted octanol–water partition coefficient (Wildman–Crippen LogP) is 3.84. The van der Waals surface area contributed by atoms with E-state index in [9.17, 15) is 4.79 Å². The normalized spacial score (nSPS) is 10.3. The number of aromatic nitrogens is 1. The number of aromatic carboxylic acids is 1. The zero-order valence-electron chi connectivity index (χ0n) is 19.0. The molecule has 1 N–H and O–H groups in total. The van der Waals surface area contributed by atoms with Crippen LogP contribution < -0.4 is 21.9 Å². The smallest absolute Gasteiger partial charge is 0.477 e. The van der Waals surface area contributed by atoms with Crippen LogP contribution in [-0.4, -0.2) is 22.2 Å². The van der Waals surface area contributed by atoms with Gasteiger partial charge in [-0.2, -0.15) is 21.9 Å². The second-order valence-electron chi connectivity index (χ2n) is 8.03. The molecule has 1 heterocycles. The van der Waals surface area contributed by atoms with Gasteiger partial charge >= 0.3 is 23.0 Å². The van der Waals surface area contributed by atoms with Crippen LogP contribution in [0.1, 0.15) is 10.5 Å².